The van der Waals surface area contributed by atoms with Crippen LogP contribution in [0.5, 0.6) is 0 Å². The van der Waals surface area contributed by atoms with Gasteiger partial charge in [0.2, 0.25) is 0 Å². The van der Waals surface area contributed by atoms with Gasteiger partial charge in [-0.1, -0.05) is 0 Å². The van der Waals surface area contributed by atoms with E-state index in [1.165, 1.54) is 0 Å². The molecular weight excluding hydrogens is 230 g/mol. The van der Waals surface area contributed by atoms with Gasteiger partial charge in [0.1, 0.15) is 5.84 Å². The van der Waals surface area contributed by atoms with Crippen molar-refractivity contribution in [3.8, 4) is 0 Å². The highest BCUT2D eigenvalue weighted by Gasteiger charge is 2.23. The van der Waals surface area contributed by atoms with Gasteiger partial charge in [0.05, 0.1) is 11.8 Å². The minimum absolute atomic E-state index is 0.0178. The van der Waals surface area contributed by atoms with Crippen LogP contribution in [0.15, 0.2) is 12.3 Å². The van der Waals surface area contributed by atoms with E-state index in [2.05, 4.69) is 15.1 Å². The second-order valence-corrected chi connectivity index (χ2v) is 4.65. The van der Waals surface area contributed by atoms with Crippen molar-refractivity contribution >= 4 is 11.7 Å². The molecule has 1 aliphatic rings. The molecule has 2 heterocycles. The molecule has 1 aliphatic heterocycles. The average Bonchev–Trinajstić information content (AvgIpc) is 2.39. The zero-order valence-electron chi connectivity index (χ0n) is 10.3. The van der Waals surface area contributed by atoms with Gasteiger partial charge >= 0.3 is 0 Å². The van der Waals surface area contributed by atoms with Crippen LogP contribution in [0.25, 0.3) is 0 Å². The Hall–Kier alpha value is -1.69. The van der Waals surface area contributed by atoms with Gasteiger partial charge in [-0.15, -0.1) is 5.10 Å². The molecule has 1 aromatic rings. The van der Waals surface area contributed by atoms with Crippen LogP contribution in [0.3, 0.4) is 0 Å². The molecule has 1 fully saturated rings. The number of aliphatic hydroxyl groups excluding tert-OH is 1. The van der Waals surface area contributed by atoms with Crippen LogP contribution in [-0.2, 0) is 0 Å². The van der Waals surface area contributed by atoms with Gasteiger partial charge in [-0.2, -0.15) is 5.10 Å². The number of aliphatic hydroxyl groups is 1. The van der Waals surface area contributed by atoms with E-state index >= 15 is 0 Å². The van der Waals surface area contributed by atoms with Crippen LogP contribution in [0, 0.1) is 11.3 Å². The van der Waals surface area contributed by atoms with Gasteiger partial charge in [-0.25, -0.2) is 0 Å². The molecule has 0 saturated carbocycles. The number of aromatic nitrogens is 2. The summed E-state index contributed by atoms with van der Waals surface area (Å²) < 4.78 is 0. The van der Waals surface area contributed by atoms with Crippen molar-refractivity contribution in [2.45, 2.75) is 19.3 Å². The molecule has 98 valence electrons. The molecule has 18 heavy (non-hydrogen) atoms. The van der Waals surface area contributed by atoms with Crippen LogP contribution < -0.4 is 10.6 Å². The first kappa shape index (κ1) is 12.8. The van der Waals surface area contributed by atoms with E-state index in [4.69, 9.17) is 16.2 Å². The first-order valence-corrected chi connectivity index (χ1v) is 6.24. The van der Waals surface area contributed by atoms with Gasteiger partial charge in [-0.05, 0) is 31.2 Å². The number of amidine groups is 1. The number of hydrogen-bond donors (Lipinski definition) is 3. The van der Waals surface area contributed by atoms with Crippen molar-refractivity contribution in [2.75, 3.05) is 24.6 Å². The fourth-order valence-electron chi connectivity index (χ4n) is 2.44. The molecule has 1 atom stereocenters. The minimum Gasteiger partial charge on any atom is -0.396 e. The van der Waals surface area contributed by atoms with E-state index in [0.29, 0.717) is 17.3 Å². The van der Waals surface area contributed by atoms with Crippen LogP contribution in [-0.4, -0.2) is 40.8 Å². The Bertz CT molecular complexity index is 421. The molecule has 6 heteroatoms. The lowest BCUT2D eigenvalue weighted by molar-refractivity contribution is 0.244. The average molecular weight is 249 g/mol. The third-order valence-corrected chi connectivity index (χ3v) is 3.35. The summed E-state index contributed by atoms with van der Waals surface area (Å²) in [5.41, 5.74) is 6.20. The van der Waals surface area contributed by atoms with Crippen LogP contribution in [0.4, 0.5) is 5.82 Å². The molecule has 1 saturated heterocycles. The predicted molar refractivity (Wildman–Crippen MR) is 69.7 cm³/mol. The Morgan fingerprint density at radius 1 is 1.61 bits per heavy atom. The molecule has 0 radical (unpaired) electrons. The van der Waals surface area contributed by atoms with E-state index < -0.39 is 0 Å². The second-order valence-electron chi connectivity index (χ2n) is 4.65. The fraction of sp³-hybridized carbons (Fsp3) is 0.583. The summed E-state index contributed by atoms with van der Waals surface area (Å²) in [7, 11) is 0. The zero-order chi connectivity index (χ0) is 13.0. The molecule has 0 amide bonds. The summed E-state index contributed by atoms with van der Waals surface area (Å²) in [4.78, 5) is 2.12. The monoisotopic (exact) mass is 249 g/mol. The smallest absolute Gasteiger partial charge is 0.162 e. The molecular formula is C12H19N5O. The second kappa shape index (κ2) is 5.77. The van der Waals surface area contributed by atoms with Crippen molar-refractivity contribution in [3.63, 3.8) is 0 Å². The SMILES string of the molecule is N=C(N)c1ccnnc1N1CCCC(CCO)C1. The Labute approximate surface area is 106 Å². The molecule has 0 bridgehead atoms. The first-order valence-electron chi connectivity index (χ1n) is 6.24. The fourth-order valence-corrected chi connectivity index (χ4v) is 2.44. The van der Waals surface area contributed by atoms with Crippen molar-refractivity contribution < 1.29 is 5.11 Å². The number of anilines is 1. The van der Waals surface area contributed by atoms with E-state index in [0.717, 1.165) is 32.4 Å². The summed E-state index contributed by atoms with van der Waals surface area (Å²) in [6.07, 6.45) is 4.56. The number of nitrogens with one attached hydrogen (secondary N) is 1. The first-order chi connectivity index (χ1) is 8.72. The molecule has 6 nitrogen and oxygen atoms in total. The number of nitrogen functional groups attached to an aromatic ring is 1. The predicted octanol–water partition coefficient (Wildman–Crippen LogP) is 0.359. The van der Waals surface area contributed by atoms with Gasteiger partial charge in [0.15, 0.2) is 5.82 Å². The number of rotatable bonds is 4. The van der Waals surface area contributed by atoms with Gasteiger partial charge in [0, 0.05) is 19.7 Å². The highest BCUT2D eigenvalue weighted by molar-refractivity contribution is 5.99. The van der Waals surface area contributed by atoms with E-state index in [9.17, 15) is 0 Å². The Morgan fingerprint density at radius 3 is 3.17 bits per heavy atom. The van der Waals surface area contributed by atoms with Gasteiger partial charge in [0.25, 0.3) is 0 Å². The zero-order valence-corrected chi connectivity index (χ0v) is 10.3. The third kappa shape index (κ3) is 2.76. The van der Waals surface area contributed by atoms with Crippen molar-refractivity contribution in [1.29, 1.82) is 5.41 Å². The van der Waals surface area contributed by atoms with E-state index in [-0.39, 0.29) is 12.4 Å². The van der Waals surface area contributed by atoms with Crippen molar-refractivity contribution in [2.24, 2.45) is 11.7 Å². The molecule has 1 aromatic heterocycles. The van der Waals surface area contributed by atoms with Gasteiger partial charge < -0.3 is 15.7 Å². The standard InChI is InChI=1S/C12H19N5O/c13-11(14)10-3-5-15-16-12(10)17-6-1-2-9(8-17)4-7-18/h3,5,9,18H,1-2,4,6-8H2,(H3,13,14). The van der Waals surface area contributed by atoms with Crippen molar-refractivity contribution in [1.82, 2.24) is 10.2 Å². The summed E-state index contributed by atoms with van der Waals surface area (Å²) in [5.74, 6) is 1.18. The van der Waals surface area contributed by atoms with E-state index in [1.807, 2.05) is 0 Å². The quantitative estimate of drug-likeness (QED) is 0.528. The van der Waals surface area contributed by atoms with Crippen molar-refractivity contribution in [3.05, 3.63) is 17.8 Å². The lowest BCUT2D eigenvalue weighted by Gasteiger charge is -2.33. The molecule has 1 unspecified atom stereocenters. The topological polar surface area (TPSA) is 99.1 Å². The number of nitrogens with zero attached hydrogens (tertiary/aromatic N) is 3. The third-order valence-electron chi connectivity index (χ3n) is 3.35. The molecule has 0 spiro atoms. The lowest BCUT2D eigenvalue weighted by atomic mass is 9.95. The Kier molecular flexibility index (Phi) is 4.09. The Morgan fingerprint density at radius 2 is 2.44 bits per heavy atom. The molecule has 2 rings (SSSR count). The molecule has 4 N–H and O–H groups in total. The highest BCUT2D eigenvalue weighted by atomic mass is 16.3. The summed E-state index contributed by atoms with van der Waals surface area (Å²) >= 11 is 0. The normalized spacial score (nSPS) is 19.8. The van der Waals surface area contributed by atoms with E-state index in [1.54, 1.807) is 12.3 Å². The number of hydrogen-bond acceptors (Lipinski definition) is 5. The molecule has 0 aromatic carbocycles. The summed E-state index contributed by atoms with van der Waals surface area (Å²) in [5, 5.41) is 24.6. The number of piperidine rings is 1. The van der Waals surface area contributed by atoms with Gasteiger partial charge in [-0.3, -0.25) is 5.41 Å². The maximum absolute atomic E-state index is 9.02. The maximum atomic E-state index is 9.02. The summed E-state index contributed by atoms with van der Waals surface area (Å²) in [6, 6.07) is 1.72. The maximum Gasteiger partial charge on any atom is 0.162 e. The van der Waals surface area contributed by atoms with Crippen LogP contribution in [0.1, 0.15) is 24.8 Å². The highest BCUT2D eigenvalue weighted by Crippen LogP contribution is 2.25. The lowest BCUT2D eigenvalue weighted by Crippen LogP contribution is -2.37. The van der Waals surface area contributed by atoms with Crippen LogP contribution >= 0.6 is 0 Å². The molecule has 0 aliphatic carbocycles. The summed E-state index contributed by atoms with van der Waals surface area (Å²) in [6.45, 7) is 1.97. The minimum atomic E-state index is 0.0178. The largest absolute Gasteiger partial charge is 0.396 e. The van der Waals surface area contributed by atoms with Crippen LogP contribution in [0.2, 0.25) is 0 Å². The Balaban J connectivity index is 2.18. The number of nitrogens with two attached hydrogens (primary N) is 1.